The van der Waals surface area contributed by atoms with Gasteiger partial charge in [-0.25, -0.2) is 9.80 Å². The molecule has 0 aliphatic rings. The molecule has 0 aliphatic carbocycles. The van der Waals surface area contributed by atoms with Crippen LogP contribution in [0.5, 0.6) is 23.0 Å². The Morgan fingerprint density at radius 2 is 1.69 bits per heavy atom. The van der Waals surface area contributed by atoms with Gasteiger partial charge in [-0.05, 0) is 61.0 Å². The number of nitrogens with one attached hydrogen (secondary N) is 2. The Hall–Kier alpha value is -4.79. The highest BCUT2D eigenvalue weighted by atomic mass is 16.5. The Kier molecular flexibility index (Phi) is 6.96. The number of fused-ring (bicyclic) bond motifs is 1. The largest absolute Gasteiger partial charge is 0.493 e. The molecular formula is C26H24N4O5. The van der Waals surface area contributed by atoms with E-state index in [-0.39, 0.29) is 0 Å². The molecular weight excluding hydrogens is 448 g/mol. The summed E-state index contributed by atoms with van der Waals surface area (Å²) in [5.74, 6) is 2.30. The first-order chi connectivity index (χ1) is 17.0. The number of carbonyl (C=O) groups excluding carboxylic acids is 2. The van der Waals surface area contributed by atoms with E-state index in [0.29, 0.717) is 46.3 Å². The molecule has 0 fully saturated rings. The lowest BCUT2D eigenvalue weighted by Crippen LogP contribution is -2.45. The van der Waals surface area contributed by atoms with Crippen molar-refractivity contribution in [2.45, 2.75) is 6.92 Å². The Balaban J connectivity index is 1.52. The molecule has 0 bridgehead atoms. The van der Waals surface area contributed by atoms with E-state index in [4.69, 9.17) is 14.2 Å². The van der Waals surface area contributed by atoms with Crippen molar-refractivity contribution in [2.24, 2.45) is 0 Å². The lowest BCUT2D eigenvalue weighted by molar-refractivity contribution is -0.109. The first kappa shape index (κ1) is 23.4. The molecule has 0 aliphatic heterocycles. The van der Waals surface area contributed by atoms with E-state index < -0.39 is 6.03 Å². The first-order valence-corrected chi connectivity index (χ1v) is 10.7. The van der Waals surface area contributed by atoms with E-state index in [1.165, 1.54) is 0 Å². The van der Waals surface area contributed by atoms with Crippen LogP contribution in [-0.4, -0.2) is 31.6 Å². The van der Waals surface area contributed by atoms with E-state index in [1.807, 2.05) is 19.1 Å². The van der Waals surface area contributed by atoms with Crippen molar-refractivity contribution in [2.75, 3.05) is 24.5 Å². The molecule has 178 valence electrons. The van der Waals surface area contributed by atoms with Crippen LogP contribution in [0.2, 0.25) is 0 Å². The number of hydrazine groups is 1. The summed E-state index contributed by atoms with van der Waals surface area (Å²) in [6.45, 7) is 1.90. The number of benzene rings is 3. The maximum Gasteiger partial charge on any atom is 0.345 e. The Bertz CT molecular complexity index is 1360. The maximum absolute atomic E-state index is 12.8. The monoisotopic (exact) mass is 472 g/mol. The number of carbonyl (C=O) groups is 2. The van der Waals surface area contributed by atoms with Crippen LogP contribution in [0.1, 0.15) is 5.56 Å². The number of aryl methyl sites for hydroxylation is 1. The van der Waals surface area contributed by atoms with Gasteiger partial charge in [0.1, 0.15) is 11.5 Å². The third-order valence-corrected chi connectivity index (χ3v) is 5.19. The summed E-state index contributed by atoms with van der Waals surface area (Å²) >= 11 is 0. The number of methoxy groups -OCH3 is 2. The zero-order chi connectivity index (χ0) is 24.8. The van der Waals surface area contributed by atoms with Gasteiger partial charge in [0.15, 0.2) is 11.5 Å². The fourth-order valence-electron chi connectivity index (χ4n) is 3.52. The van der Waals surface area contributed by atoms with Crippen molar-refractivity contribution >= 4 is 34.7 Å². The molecule has 3 aromatic carbocycles. The number of anilines is 2. The van der Waals surface area contributed by atoms with Crippen molar-refractivity contribution in [1.29, 1.82) is 0 Å². The highest BCUT2D eigenvalue weighted by Gasteiger charge is 2.16. The molecule has 0 spiro atoms. The van der Waals surface area contributed by atoms with E-state index in [2.05, 4.69) is 15.7 Å². The fourth-order valence-corrected chi connectivity index (χ4v) is 3.52. The highest BCUT2D eigenvalue weighted by molar-refractivity contribution is 6.02. The predicted molar refractivity (Wildman–Crippen MR) is 133 cm³/mol. The van der Waals surface area contributed by atoms with Crippen LogP contribution in [-0.2, 0) is 4.79 Å². The molecule has 0 radical (unpaired) electrons. The lowest BCUT2D eigenvalue weighted by atomic mass is 10.2. The molecule has 1 heterocycles. The summed E-state index contributed by atoms with van der Waals surface area (Å²) in [6.07, 6.45) is 2.10. The minimum atomic E-state index is -0.516. The molecule has 9 heteroatoms. The van der Waals surface area contributed by atoms with Crippen LogP contribution >= 0.6 is 0 Å². The molecule has 0 atom stereocenters. The van der Waals surface area contributed by atoms with Crippen LogP contribution in [0.15, 0.2) is 72.9 Å². The topological polar surface area (TPSA) is 102 Å². The molecule has 4 rings (SSSR count). The number of ether oxygens (including phenoxy) is 3. The molecule has 0 saturated carbocycles. The van der Waals surface area contributed by atoms with E-state index in [9.17, 15) is 9.59 Å². The van der Waals surface area contributed by atoms with Gasteiger partial charge in [-0.15, -0.1) is 0 Å². The minimum absolute atomic E-state index is 0.447. The molecule has 0 saturated heterocycles. The Labute approximate surface area is 202 Å². The Morgan fingerprint density at radius 1 is 0.943 bits per heavy atom. The molecule has 3 amide bonds. The number of urea groups is 1. The second-order valence-electron chi connectivity index (χ2n) is 7.51. The molecule has 35 heavy (non-hydrogen) atoms. The van der Waals surface area contributed by atoms with Gasteiger partial charge < -0.3 is 19.5 Å². The number of pyridine rings is 1. The first-order valence-electron chi connectivity index (χ1n) is 10.7. The van der Waals surface area contributed by atoms with Crippen LogP contribution in [0.25, 0.3) is 10.9 Å². The van der Waals surface area contributed by atoms with Crippen molar-refractivity contribution in [1.82, 2.24) is 10.4 Å². The SMILES string of the molecule is COc1cc2nccc(Oc3ccc(NC(=O)N(NC=O)c4cccc(C)c4)cc3)c2cc1OC. The smallest absolute Gasteiger partial charge is 0.345 e. The van der Waals surface area contributed by atoms with Gasteiger partial charge in [-0.1, -0.05) is 12.1 Å². The maximum atomic E-state index is 12.8. The number of amides is 3. The van der Waals surface area contributed by atoms with E-state index in [1.54, 1.807) is 75.0 Å². The van der Waals surface area contributed by atoms with Crippen LogP contribution < -0.4 is 30.0 Å². The summed E-state index contributed by atoms with van der Waals surface area (Å²) < 4.78 is 16.8. The van der Waals surface area contributed by atoms with Gasteiger partial charge in [0, 0.05) is 23.3 Å². The van der Waals surface area contributed by atoms with Crippen molar-refractivity contribution in [3.8, 4) is 23.0 Å². The number of rotatable bonds is 8. The van der Waals surface area contributed by atoms with Crippen molar-refractivity contribution < 1.29 is 23.8 Å². The molecule has 4 aromatic rings. The number of hydrogen-bond donors (Lipinski definition) is 2. The van der Waals surface area contributed by atoms with Crippen LogP contribution in [0, 0.1) is 6.92 Å². The van der Waals surface area contributed by atoms with Gasteiger partial charge in [0.2, 0.25) is 6.41 Å². The predicted octanol–water partition coefficient (Wildman–Crippen LogP) is 5.05. The zero-order valence-electron chi connectivity index (χ0n) is 19.4. The van der Waals surface area contributed by atoms with Crippen LogP contribution in [0.3, 0.4) is 0 Å². The van der Waals surface area contributed by atoms with E-state index >= 15 is 0 Å². The Morgan fingerprint density at radius 3 is 2.37 bits per heavy atom. The summed E-state index contributed by atoms with van der Waals surface area (Å²) in [5, 5.41) is 4.66. The third kappa shape index (κ3) is 5.25. The van der Waals surface area contributed by atoms with Gasteiger partial charge in [-0.3, -0.25) is 15.2 Å². The highest BCUT2D eigenvalue weighted by Crippen LogP contribution is 2.37. The standard InChI is InChI=1S/C26H24N4O5/c1-17-5-4-6-19(13-17)30(28-16-31)26(32)29-18-7-9-20(10-8-18)35-23-11-12-27-22-15-25(34-3)24(33-2)14-21(22)23/h4-16H,1-3H3,(H,28,31)(H,29,32). The zero-order valence-corrected chi connectivity index (χ0v) is 19.4. The second kappa shape index (κ2) is 10.4. The molecule has 2 N–H and O–H groups in total. The normalized spacial score (nSPS) is 10.4. The number of hydrogen-bond acceptors (Lipinski definition) is 6. The summed E-state index contributed by atoms with van der Waals surface area (Å²) in [7, 11) is 3.14. The lowest BCUT2D eigenvalue weighted by Gasteiger charge is -2.22. The van der Waals surface area contributed by atoms with Gasteiger partial charge in [-0.2, -0.15) is 0 Å². The second-order valence-corrected chi connectivity index (χ2v) is 7.51. The summed E-state index contributed by atoms with van der Waals surface area (Å²) in [5.41, 5.74) is 5.13. The number of aromatic nitrogens is 1. The van der Waals surface area contributed by atoms with E-state index in [0.717, 1.165) is 16.0 Å². The quantitative estimate of drug-likeness (QED) is 0.275. The van der Waals surface area contributed by atoms with Gasteiger partial charge in [0.25, 0.3) is 0 Å². The van der Waals surface area contributed by atoms with Gasteiger partial charge in [0.05, 0.1) is 25.4 Å². The molecule has 1 aromatic heterocycles. The third-order valence-electron chi connectivity index (χ3n) is 5.19. The average Bonchev–Trinajstić information content (AvgIpc) is 2.87. The van der Waals surface area contributed by atoms with Crippen molar-refractivity contribution in [3.63, 3.8) is 0 Å². The summed E-state index contributed by atoms with van der Waals surface area (Å²) in [6, 6.07) is 18.9. The molecule has 0 unspecified atom stereocenters. The van der Waals surface area contributed by atoms with Gasteiger partial charge >= 0.3 is 6.03 Å². The number of nitrogens with zero attached hydrogens (tertiary/aromatic N) is 2. The summed E-state index contributed by atoms with van der Waals surface area (Å²) in [4.78, 5) is 28.2. The van der Waals surface area contributed by atoms with Crippen molar-refractivity contribution in [3.05, 3.63) is 78.5 Å². The van der Waals surface area contributed by atoms with Crippen LogP contribution in [0.4, 0.5) is 16.2 Å². The fraction of sp³-hybridized carbons (Fsp3) is 0.115. The average molecular weight is 473 g/mol. The minimum Gasteiger partial charge on any atom is -0.493 e. The molecule has 9 nitrogen and oxygen atoms in total.